The Labute approximate surface area is 154 Å². The van der Waals surface area contributed by atoms with Gasteiger partial charge in [-0.1, -0.05) is 6.07 Å². The Morgan fingerprint density at radius 1 is 1.26 bits per heavy atom. The minimum atomic E-state index is 0. The van der Waals surface area contributed by atoms with Crippen molar-refractivity contribution in [1.29, 1.82) is 0 Å². The average molecular weight is 433 g/mol. The Morgan fingerprint density at radius 2 is 2.13 bits per heavy atom. The summed E-state index contributed by atoms with van der Waals surface area (Å²) in [5.41, 5.74) is 1.13. The van der Waals surface area contributed by atoms with Gasteiger partial charge in [-0.2, -0.15) is 0 Å². The number of hydrogen-bond acceptors (Lipinski definition) is 4. The van der Waals surface area contributed by atoms with E-state index in [2.05, 4.69) is 15.6 Å². The quantitative estimate of drug-likeness (QED) is 0.424. The Kier molecular flexibility index (Phi) is 7.22. The van der Waals surface area contributed by atoms with Crippen LogP contribution in [0.15, 0.2) is 23.2 Å². The largest absolute Gasteiger partial charge is 0.454 e. The molecule has 0 amide bonds. The fourth-order valence-corrected chi connectivity index (χ4v) is 2.68. The fraction of sp³-hybridized carbons (Fsp3) is 0.562. The molecule has 0 radical (unpaired) electrons. The molecule has 7 heteroatoms. The summed E-state index contributed by atoms with van der Waals surface area (Å²) in [6.45, 7) is 2.77. The lowest BCUT2D eigenvalue weighted by molar-refractivity contribution is 0.105. The first-order valence-corrected chi connectivity index (χ1v) is 7.80. The van der Waals surface area contributed by atoms with Crippen molar-refractivity contribution in [2.75, 3.05) is 27.0 Å². The second kappa shape index (κ2) is 9.17. The van der Waals surface area contributed by atoms with E-state index in [1.165, 1.54) is 12.8 Å². The van der Waals surface area contributed by atoms with E-state index in [0.29, 0.717) is 19.4 Å². The van der Waals surface area contributed by atoms with Gasteiger partial charge < -0.3 is 24.8 Å². The van der Waals surface area contributed by atoms with Crippen LogP contribution >= 0.6 is 24.0 Å². The maximum atomic E-state index is 5.61. The summed E-state index contributed by atoms with van der Waals surface area (Å²) >= 11 is 0. The van der Waals surface area contributed by atoms with Crippen molar-refractivity contribution in [2.24, 2.45) is 4.99 Å². The van der Waals surface area contributed by atoms with Crippen molar-refractivity contribution in [3.8, 4) is 11.5 Å². The lowest BCUT2D eigenvalue weighted by Gasteiger charge is -2.14. The Morgan fingerprint density at radius 3 is 2.91 bits per heavy atom. The van der Waals surface area contributed by atoms with Gasteiger partial charge in [-0.25, -0.2) is 0 Å². The standard InChI is InChI=1S/C16H23N3O3.HI/c1-17-16(18-7-6-13-3-2-8-20-13)19-10-12-4-5-14-15(9-12)22-11-21-14;/h4-5,9,13H,2-3,6-8,10-11H2,1H3,(H2,17,18,19);1H. The molecule has 1 aromatic rings. The van der Waals surface area contributed by atoms with Gasteiger partial charge in [-0.05, 0) is 37.0 Å². The first-order chi connectivity index (χ1) is 10.8. The first-order valence-electron chi connectivity index (χ1n) is 7.80. The van der Waals surface area contributed by atoms with E-state index in [-0.39, 0.29) is 24.0 Å². The van der Waals surface area contributed by atoms with Crippen LogP contribution < -0.4 is 20.1 Å². The number of fused-ring (bicyclic) bond motifs is 1. The average Bonchev–Trinajstić information content (AvgIpc) is 3.21. The molecule has 6 nitrogen and oxygen atoms in total. The predicted molar refractivity (Wildman–Crippen MR) is 99.8 cm³/mol. The van der Waals surface area contributed by atoms with Gasteiger partial charge >= 0.3 is 0 Å². The summed E-state index contributed by atoms with van der Waals surface area (Å²) in [5, 5.41) is 6.63. The van der Waals surface area contributed by atoms with Crippen LogP contribution in [-0.2, 0) is 11.3 Å². The summed E-state index contributed by atoms with van der Waals surface area (Å²) < 4.78 is 16.3. The molecule has 2 aliphatic heterocycles. The molecule has 0 saturated carbocycles. The van der Waals surface area contributed by atoms with Crippen molar-refractivity contribution >= 4 is 29.9 Å². The van der Waals surface area contributed by atoms with Gasteiger partial charge in [0.25, 0.3) is 0 Å². The molecule has 2 N–H and O–H groups in total. The third kappa shape index (κ3) is 5.13. The Balaban J connectivity index is 0.00000192. The van der Waals surface area contributed by atoms with Crippen LogP contribution in [-0.4, -0.2) is 39.1 Å². The van der Waals surface area contributed by atoms with Gasteiger partial charge in [0.05, 0.1) is 6.10 Å². The van der Waals surface area contributed by atoms with Crippen molar-refractivity contribution in [3.63, 3.8) is 0 Å². The SMILES string of the molecule is CN=C(NCCC1CCCO1)NCc1ccc2c(c1)OCO2.I. The van der Waals surface area contributed by atoms with Crippen LogP contribution in [0.3, 0.4) is 0 Å². The van der Waals surface area contributed by atoms with Crippen molar-refractivity contribution in [3.05, 3.63) is 23.8 Å². The highest BCUT2D eigenvalue weighted by atomic mass is 127. The van der Waals surface area contributed by atoms with Crippen molar-refractivity contribution in [1.82, 2.24) is 10.6 Å². The molecular weight excluding hydrogens is 409 g/mol. The van der Waals surface area contributed by atoms with Crippen LogP contribution in [0.25, 0.3) is 0 Å². The van der Waals surface area contributed by atoms with E-state index in [1.54, 1.807) is 7.05 Å². The predicted octanol–water partition coefficient (Wildman–Crippen LogP) is 2.27. The molecule has 0 aromatic heterocycles. The van der Waals surface area contributed by atoms with E-state index in [0.717, 1.165) is 42.6 Å². The lowest BCUT2D eigenvalue weighted by atomic mass is 10.2. The van der Waals surface area contributed by atoms with E-state index in [1.807, 2.05) is 18.2 Å². The minimum absolute atomic E-state index is 0. The van der Waals surface area contributed by atoms with Gasteiger partial charge in [0.2, 0.25) is 6.79 Å². The van der Waals surface area contributed by atoms with E-state index < -0.39 is 0 Å². The molecular formula is C16H24IN3O3. The maximum Gasteiger partial charge on any atom is 0.231 e. The number of benzene rings is 1. The number of nitrogens with one attached hydrogen (secondary N) is 2. The van der Waals surface area contributed by atoms with Crippen LogP contribution in [0.5, 0.6) is 11.5 Å². The number of halogens is 1. The molecule has 3 rings (SSSR count). The molecule has 128 valence electrons. The number of rotatable bonds is 5. The number of hydrogen-bond donors (Lipinski definition) is 2. The summed E-state index contributed by atoms with van der Waals surface area (Å²) in [6.07, 6.45) is 3.77. The van der Waals surface area contributed by atoms with Gasteiger partial charge in [-0.3, -0.25) is 4.99 Å². The topological polar surface area (TPSA) is 64.1 Å². The summed E-state index contributed by atoms with van der Waals surface area (Å²) in [6, 6.07) is 5.96. The zero-order valence-corrected chi connectivity index (χ0v) is 15.7. The summed E-state index contributed by atoms with van der Waals surface area (Å²) in [5.74, 6) is 2.42. The minimum Gasteiger partial charge on any atom is -0.454 e. The van der Waals surface area contributed by atoms with Gasteiger partial charge in [-0.15, -0.1) is 24.0 Å². The van der Waals surface area contributed by atoms with Crippen LogP contribution in [0.4, 0.5) is 0 Å². The third-order valence-corrected chi connectivity index (χ3v) is 3.90. The molecule has 1 aromatic carbocycles. The second-order valence-corrected chi connectivity index (χ2v) is 5.46. The number of nitrogens with zero attached hydrogens (tertiary/aromatic N) is 1. The third-order valence-electron chi connectivity index (χ3n) is 3.90. The lowest BCUT2D eigenvalue weighted by Crippen LogP contribution is -2.38. The summed E-state index contributed by atoms with van der Waals surface area (Å²) in [4.78, 5) is 4.24. The number of ether oxygens (including phenoxy) is 3. The zero-order valence-electron chi connectivity index (χ0n) is 13.3. The van der Waals surface area contributed by atoms with Crippen molar-refractivity contribution < 1.29 is 14.2 Å². The van der Waals surface area contributed by atoms with E-state index in [4.69, 9.17) is 14.2 Å². The smallest absolute Gasteiger partial charge is 0.231 e. The van der Waals surface area contributed by atoms with Crippen LogP contribution in [0.2, 0.25) is 0 Å². The van der Waals surface area contributed by atoms with Gasteiger partial charge in [0, 0.05) is 26.7 Å². The molecule has 1 saturated heterocycles. The monoisotopic (exact) mass is 433 g/mol. The van der Waals surface area contributed by atoms with Gasteiger partial charge in [0.1, 0.15) is 0 Å². The Bertz CT molecular complexity index is 533. The maximum absolute atomic E-state index is 5.61. The molecule has 0 bridgehead atoms. The molecule has 23 heavy (non-hydrogen) atoms. The highest BCUT2D eigenvalue weighted by Crippen LogP contribution is 2.32. The highest BCUT2D eigenvalue weighted by molar-refractivity contribution is 14.0. The van der Waals surface area contributed by atoms with E-state index >= 15 is 0 Å². The normalized spacial score (nSPS) is 19.3. The fourth-order valence-electron chi connectivity index (χ4n) is 2.68. The molecule has 1 unspecified atom stereocenters. The molecule has 2 aliphatic rings. The first kappa shape index (κ1) is 18.1. The molecule has 0 spiro atoms. The van der Waals surface area contributed by atoms with E-state index in [9.17, 15) is 0 Å². The van der Waals surface area contributed by atoms with Crippen LogP contribution in [0, 0.1) is 0 Å². The molecule has 1 fully saturated rings. The summed E-state index contributed by atoms with van der Waals surface area (Å²) in [7, 11) is 1.78. The highest BCUT2D eigenvalue weighted by Gasteiger charge is 2.15. The van der Waals surface area contributed by atoms with Crippen molar-refractivity contribution in [2.45, 2.75) is 31.9 Å². The van der Waals surface area contributed by atoms with Crippen LogP contribution in [0.1, 0.15) is 24.8 Å². The number of guanidine groups is 1. The molecule has 1 atom stereocenters. The molecule has 2 heterocycles. The number of aliphatic imine (C=N–C) groups is 1. The van der Waals surface area contributed by atoms with Gasteiger partial charge in [0.15, 0.2) is 17.5 Å². The zero-order chi connectivity index (χ0) is 15.2. The Hall–Kier alpha value is -1.22. The second-order valence-electron chi connectivity index (χ2n) is 5.46. The molecule has 0 aliphatic carbocycles.